The summed E-state index contributed by atoms with van der Waals surface area (Å²) >= 11 is 12.1. The van der Waals surface area contributed by atoms with Crippen molar-refractivity contribution < 1.29 is 9.59 Å². The van der Waals surface area contributed by atoms with Crippen molar-refractivity contribution in [3.8, 4) is 18.9 Å². The summed E-state index contributed by atoms with van der Waals surface area (Å²) in [5.41, 5.74) is 1.45. The first-order chi connectivity index (χ1) is 14.4. The van der Waals surface area contributed by atoms with Gasteiger partial charge in [-0.2, -0.15) is 5.26 Å². The second-order valence-electron chi connectivity index (χ2n) is 5.95. The molecule has 2 aromatic rings. The minimum atomic E-state index is -0.650. The van der Waals surface area contributed by atoms with Crippen LogP contribution in [0.5, 0.6) is 0 Å². The van der Waals surface area contributed by atoms with Crippen LogP contribution >= 0.6 is 23.2 Å². The van der Waals surface area contributed by atoms with Gasteiger partial charge in [-0.3, -0.25) is 4.79 Å². The number of rotatable bonds is 6. The predicted octanol–water partition coefficient (Wildman–Crippen LogP) is 4.18. The Labute approximate surface area is 186 Å². The molecule has 6 nitrogen and oxygen atoms in total. The summed E-state index contributed by atoms with van der Waals surface area (Å²) < 4.78 is 0. The molecule has 0 spiro atoms. The molecular formula is C22H22Cl2N4O2. The van der Waals surface area contributed by atoms with E-state index in [0.717, 1.165) is 4.90 Å². The number of hydrogen-bond donors (Lipinski definition) is 2. The van der Waals surface area contributed by atoms with Gasteiger partial charge in [0, 0.05) is 23.6 Å². The summed E-state index contributed by atoms with van der Waals surface area (Å²) in [5, 5.41) is 15.2. The van der Waals surface area contributed by atoms with Crippen molar-refractivity contribution in [3.05, 3.63) is 63.6 Å². The number of nitrogens with zero attached hydrogens (tertiary/aromatic N) is 2. The summed E-state index contributed by atoms with van der Waals surface area (Å²) in [4.78, 5) is 27.0. The molecule has 0 bridgehead atoms. The Balaban J connectivity index is 0.00000218. The summed E-state index contributed by atoms with van der Waals surface area (Å²) in [7, 11) is 1.44. The highest BCUT2D eigenvalue weighted by Crippen LogP contribution is 2.29. The fourth-order valence-electron chi connectivity index (χ4n) is 2.71. The molecule has 2 N–H and O–H groups in total. The van der Waals surface area contributed by atoms with Crippen molar-refractivity contribution in [2.45, 2.75) is 12.8 Å². The molecule has 1 atom stereocenters. The number of urea groups is 1. The first-order valence-electron chi connectivity index (χ1n) is 8.97. The van der Waals surface area contributed by atoms with Crippen molar-refractivity contribution in [1.29, 1.82) is 5.26 Å². The topological polar surface area (TPSA) is 85.2 Å². The van der Waals surface area contributed by atoms with Gasteiger partial charge in [-0.05, 0) is 42.4 Å². The highest BCUT2D eigenvalue weighted by Gasteiger charge is 2.31. The predicted molar refractivity (Wildman–Crippen MR) is 121 cm³/mol. The standard InChI is InChI=1S/C20H20Cl2N4O2.C2H2/c1-3-25-12-18(14-6-4-13(11-23)5-7-14)19(27)26(20(28)24-2)17-9-15(21)8-16(22)10-17;1-2/h4-10,18,25H,3,12H2,1-2H3,(H,24,28);1-2H/t18-;/m0./s1. The van der Waals surface area contributed by atoms with Gasteiger partial charge in [-0.15, -0.1) is 12.8 Å². The van der Waals surface area contributed by atoms with E-state index in [1.807, 2.05) is 13.0 Å². The molecule has 0 radical (unpaired) electrons. The average Bonchev–Trinajstić information content (AvgIpc) is 2.75. The minimum Gasteiger partial charge on any atom is -0.340 e. The number of benzene rings is 2. The molecule has 3 amide bonds. The maximum Gasteiger partial charge on any atom is 0.328 e. The van der Waals surface area contributed by atoms with Gasteiger partial charge in [0.25, 0.3) is 0 Å². The Bertz CT molecular complexity index is 916. The van der Waals surface area contributed by atoms with Gasteiger partial charge in [-0.1, -0.05) is 42.3 Å². The van der Waals surface area contributed by atoms with E-state index in [2.05, 4.69) is 23.5 Å². The third kappa shape index (κ3) is 6.50. The molecule has 0 aliphatic heterocycles. The summed E-state index contributed by atoms with van der Waals surface area (Å²) in [6, 6.07) is 12.7. The molecule has 156 valence electrons. The molecule has 2 rings (SSSR count). The Morgan fingerprint density at radius 1 is 1.13 bits per heavy atom. The number of anilines is 1. The molecule has 0 heterocycles. The average molecular weight is 445 g/mol. The summed E-state index contributed by atoms with van der Waals surface area (Å²) in [6.45, 7) is 2.90. The first-order valence-corrected chi connectivity index (χ1v) is 9.72. The van der Waals surface area contributed by atoms with E-state index in [9.17, 15) is 9.59 Å². The molecule has 2 aromatic carbocycles. The molecule has 0 aromatic heterocycles. The van der Waals surface area contributed by atoms with Crippen LogP contribution in [0.15, 0.2) is 42.5 Å². The fraction of sp³-hybridized carbons (Fsp3) is 0.227. The lowest BCUT2D eigenvalue weighted by Crippen LogP contribution is -2.46. The van der Waals surface area contributed by atoms with Crippen LogP contribution in [0.1, 0.15) is 24.0 Å². The number of hydrogen-bond acceptors (Lipinski definition) is 4. The Hall–Kier alpha value is -3.03. The van der Waals surface area contributed by atoms with Gasteiger partial charge in [0.1, 0.15) is 0 Å². The van der Waals surface area contributed by atoms with E-state index in [0.29, 0.717) is 34.3 Å². The van der Waals surface area contributed by atoms with Gasteiger partial charge >= 0.3 is 6.03 Å². The molecule has 8 heteroatoms. The monoisotopic (exact) mass is 444 g/mol. The fourth-order valence-corrected chi connectivity index (χ4v) is 3.22. The van der Waals surface area contributed by atoms with Gasteiger partial charge in [0.05, 0.1) is 23.2 Å². The maximum atomic E-state index is 13.4. The number of carbonyl (C=O) groups excluding carboxylic acids is 2. The lowest BCUT2D eigenvalue weighted by atomic mass is 9.96. The lowest BCUT2D eigenvalue weighted by Gasteiger charge is -2.26. The van der Waals surface area contributed by atoms with E-state index in [1.165, 1.54) is 25.2 Å². The van der Waals surface area contributed by atoms with Crippen LogP contribution in [-0.4, -0.2) is 32.1 Å². The molecule has 0 fully saturated rings. The third-order valence-electron chi connectivity index (χ3n) is 4.08. The van der Waals surface area contributed by atoms with Gasteiger partial charge in [0.2, 0.25) is 5.91 Å². The highest BCUT2D eigenvalue weighted by atomic mass is 35.5. The number of nitrogens with one attached hydrogen (secondary N) is 2. The zero-order valence-electron chi connectivity index (χ0n) is 16.7. The van der Waals surface area contributed by atoms with Crippen molar-refractivity contribution in [1.82, 2.24) is 10.6 Å². The zero-order valence-corrected chi connectivity index (χ0v) is 18.2. The Kier molecular flexibility index (Phi) is 10.4. The Morgan fingerprint density at radius 2 is 1.70 bits per heavy atom. The van der Waals surface area contributed by atoms with E-state index < -0.39 is 17.9 Å². The molecule has 30 heavy (non-hydrogen) atoms. The van der Waals surface area contributed by atoms with Crippen LogP contribution in [0, 0.1) is 24.2 Å². The van der Waals surface area contributed by atoms with Crippen LogP contribution in [-0.2, 0) is 4.79 Å². The molecule has 0 saturated heterocycles. The van der Waals surface area contributed by atoms with Crippen LogP contribution in [0.4, 0.5) is 10.5 Å². The van der Waals surface area contributed by atoms with Crippen LogP contribution < -0.4 is 15.5 Å². The molecule has 0 aliphatic carbocycles. The van der Waals surface area contributed by atoms with Gasteiger partial charge in [-0.25, -0.2) is 9.69 Å². The van der Waals surface area contributed by atoms with Gasteiger partial charge in [0.15, 0.2) is 0 Å². The first kappa shape index (κ1) is 25.0. The molecular weight excluding hydrogens is 423 g/mol. The van der Waals surface area contributed by atoms with E-state index >= 15 is 0 Å². The van der Waals surface area contributed by atoms with Crippen LogP contribution in [0.25, 0.3) is 0 Å². The lowest BCUT2D eigenvalue weighted by molar-refractivity contribution is -0.119. The van der Waals surface area contributed by atoms with Crippen molar-refractivity contribution in [2.24, 2.45) is 0 Å². The number of nitriles is 1. The van der Waals surface area contributed by atoms with Crippen molar-refractivity contribution in [2.75, 3.05) is 25.0 Å². The smallest absolute Gasteiger partial charge is 0.328 e. The second-order valence-corrected chi connectivity index (χ2v) is 6.82. The summed E-state index contributed by atoms with van der Waals surface area (Å²) in [5.74, 6) is -1.09. The number of carbonyl (C=O) groups is 2. The third-order valence-corrected chi connectivity index (χ3v) is 4.52. The number of imide groups is 1. The van der Waals surface area contributed by atoms with Crippen molar-refractivity contribution >= 4 is 40.8 Å². The minimum absolute atomic E-state index is 0.275. The van der Waals surface area contributed by atoms with Crippen LogP contribution in [0.3, 0.4) is 0 Å². The number of likely N-dealkylation sites (N-methyl/N-ethyl adjacent to an activating group) is 1. The number of halogens is 2. The van der Waals surface area contributed by atoms with Gasteiger partial charge < -0.3 is 10.6 Å². The van der Waals surface area contributed by atoms with E-state index in [-0.39, 0.29) is 5.69 Å². The molecule has 0 saturated carbocycles. The molecule has 0 unspecified atom stereocenters. The largest absolute Gasteiger partial charge is 0.340 e. The normalized spacial score (nSPS) is 10.7. The van der Waals surface area contributed by atoms with E-state index in [1.54, 1.807) is 24.3 Å². The van der Waals surface area contributed by atoms with Crippen molar-refractivity contribution in [3.63, 3.8) is 0 Å². The number of terminal acetylenes is 1. The second kappa shape index (κ2) is 12.5. The summed E-state index contributed by atoms with van der Waals surface area (Å²) in [6.07, 6.45) is 8.00. The maximum absolute atomic E-state index is 13.4. The SMILES string of the molecule is C#C.CCNC[C@H](C(=O)N(C(=O)NC)c1cc(Cl)cc(Cl)c1)c1ccc(C#N)cc1. The zero-order chi connectivity index (χ0) is 22.7. The highest BCUT2D eigenvalue weighted by molar-refractivity contribution is 6.35. The molecule has 0 aliphatic rings. The van der Waals surface area contributed by atoms with Crippen LogP contribution in [0.2, 0.25) is 10.0 Å². The van der Waals surface area contributed by atoms with E-state index in [4.69, 9.17) is 28.5 Å². The quantitative estimate of drug-likeness (QED) is 0.654. The Morgan fingerprint density at radius 3 is 2.17 bits per heavy atom. The number of amides is 3.